The van der Waals surface area contributed by atoms with Crippen LogP contribution in [0.3, 0.4) is 0 Å². The number of benzene rings is 2. The van der Waals surface area contributed by atoms with Crippen LogP contribution >= 0.6 is 11.3 Å². The molecule has 0 radical (unpaired) electrons. The number of hydrogen-bond donors (Lipinski definition) is 3. The quantitative estimate of drug-likeness (QED) is 0.269. The zero-order valence-corrected chi connectivity index (χ0v) is 20.5. The van der Waals surface area contributed by atoms with E-state index in [1.165, 1.54) is 12.1 Å². The van der Waals surface area contributed by atoms with Gasteiger partial charge in [-0.3, -0.25) is 0 Å². The Morgan fingerprint density at radius 3 is 2.44 bits per heavy atom. The summed E-state index contributed by atoms with van der Waals surface area (Å²) in [6.45, 7) is 10.5. The first kappa shape index (κ1) is 22.2. The molecule has 0 fully saturated rings. The Kier molecular flexibility index (Phi) is 5.24. The second-order valence-electron chi connectivity index (χ2n) is 9.83. The minimum absolute atomic E-state index is 0.00325. The lowest BCUT2D eigenvalue weighted by Gasteiger charge is -2.28. The molecular formula is C25H26FN7S. The maximum absolute atomic E-state index is 13.4. The lowest BCUT2D eigenvalue weighted by atomic mass is 9.94. The molecule has 0 spiro atoms. The van der Waals surface area contributed by atoms with Crippen molar-refractivity contribution in [2.75, 3.05) is 10.6 Å². The fourth-order valence-electron chi connectivity index (χ4n) is 3.67. The highest BCUT2D eigenvalue weighted by Crippen LogP contribution is 2.33. The van der Waals surface area contributed by atoms with Gasteiger partial charge in [0, 0.05) is 11.1 Å². The number of aromatic amines is 1. The molecule has 9 heteroatoms. The van der Waals surface area contributed by atoms with Crippen molar-refractivity contribution in [3.8, 4) is 0 Å². The summed E-state index contributed by atoms with van der Waals surface area (Å²) in [5.74, 6) is 0.765. The molecule has 0 aliphatic heterocycles. The van der Waals surface area contributed by atoms with E-state index in [1.54, 1.807) is 29.8 Å². The smallest absolute Gasteiger partial charge is 0.231 e. The van der Waals surface area contributed by atoms with E-state index in [2.05, 4.69) is 52.4 Å². The maximum atomic E-state index is 13.4. The number of H-pyrrole nitrogens is 1. The first-order valence-electron chi connectivity index (χ1n) is 11.0. The Labute approximate surface area is 200 Å². The van der Waals surface area contributed by atoms with Crippen LogP contribution in [0.1, 0.15) is 45.2 Å². The van der Waals surface area contributed by atoms with Crippen LogP contribution < -0.4 is 10.6 Å². The van der Waals surface area contributed by atoms with Crippen LogP contribution in [-0.2, 0) is 11.0 Å². The van der Waals surface area contributed by atoms with Crippen molar-refractivity contribution in [1.29, 1.82) is 0 Å². The van der Waals surface area contributed by atoms with Gasteiger partial charge in [-0.25, -0.2) is 14.4 Å². The molecule has 0 bridgehead atoms. The summed E-state index contributed by atoms with van der Waals surface area (Å²) in [6, 6.07) is 12.5. The topological polar surface area (TPSA) is 91.4 Å². The number of nitrogens with one attached hydrogen (secondary N) is 3. The molecule has 174 valence electrons. The Balaban J connectivity index is 1.47. The van der Waals surface area contributed by atoms with E-state index in [0.29, 0.717) is 22.9 Å². The van der Waals surface area contributed by atoms with Gasteiger partial charge in [-0.1, -0.05) is 32.9 Å². The van der Waals surface area contributed by atoms with E-state index < -0.39 is 5.54 Å². The second-order valence-corrected chi connectivity index (χ2v) is 10.9. The van der Waals surface area contributed by atoms with Crippen molar-refractivity contribution in [3.05, 3.63) is 65.2 Å². The van der Waals surface area contributed by atoms with Gasteiger partial charge in [0.15, 0.2) is 11.5 Å². The highest BCUT2D eigenvalue weighted by atomic mass is 32.1. The Bertz CT molecular complexity index is 1480. The normalized spacial score (nSPS) is 12.4. The van der Waals surface area contributed by atoms with Crippen LogP contribution in [0.5, 0.6) is 0 Å². The van der Waals surface area contributed by atoms with Gasteiger partial charge < -0.3 is 15.6 Å². The van der Waals surface area contributed by atoms with Crippen LogP contribution in [0.4, 0.5) is 21.8 Å². The summed E-state index contributed by atoms with van der Waals surface area (Å²) in [5, 5.41) is 7.88. The number of fused-ring (bicyclic) bond motifs is 2. The molecule has 0 amide bonds. The van der Waals surface area contributed by atoms with Crippen LogP contribution in [0.25, 0.3) is 21.4 Å². The van der Waals surface area contributed by atoms with Crippen molar-refractivity contribution >= 4 is 50.2 Å². The standard InChI is InChI=1S/C25H26FN7S/c1-24(2,3)22-30-17-11-10-16(12-18(17)34-22)29-23-31-20-19(27-13-28-20)21(32-23)33-25(4,5)14-6-8-15(26)9-7-14/h6-13H,1-5H3,(H3,27,28,29,31,32,33). The van der Waals surface area contributed by atoms with Crippen molar-refractivity contribution in [2.24, 2.45) is 0 Å². The molecule has 3 aromatic heterocycles. The highest BCUT2D eigenvalue weighted by molar-refractivity contribution is 7.18. The number of halogens is 1. The molecule has 3 heterocycles. The summed E-state index contributed by atoms with van der Waals surface area (Å²) in [6.07, 6.45) is 1.59. The maximum Gasteiger partial charge on any atom is 0.231 e. The van der Waals surface area contributed by atoms with E-state index >= 15 is 0 Å². The van der Waals surface area contributed by atoms with Gasteiger partial charge in [-0.2, -0.15) is 9.97 Å². The van der Waals surface area contributed by atoms with E-state index in [9.17, 15) is 4.39 Å². The van der Waals surface area contributed by atoms with E-state index in [1.807, 2.05) is 26.0 Å². The van der Waals surface area contributed by atoms with E-state index in [4.69, 9.17) is 9.97 Å². The number of thiazole rings is 1. The van der Waals surface area contributed by atoms with Crippen LogP contribution in [0, 0.1) is 5.82 Å². The fourth-order valence-corrected chi connectivity index (χ4v) is 4.73. The summed E-state index contributed by atoms with van der Waals surface area (Å²) >= 11 is 1.69. The lowest BCUT2D eigenvalue weighted by Crippen LogP contribution is -2.28. The molecule has 3 N–H and O–H groups in total. The van der Waals surface area contributed by atoms with Gasteiger partial charge in [0.1, 0.15) is 11.3 Å². The minimum Gasteiger partial charge on any atom is -0.359 e. The Morgan fingerprint density at radius 2 is 1.71 bits per heavy atom. The lowest BCUT2D eigenvalue weighted by molar-refractivity contribution is 0.587. The minimum atomic E-state index is -0.512. The number of nitrogens with zero attached hydrogens (tertiary/aromatic N) is 4. The third kappa shape index (κ3) is 4.31. The molecule has 34 heavy (non-hydrogen) atoms. The second kappa shape index (κ2) is 8.02. The van der Waals surface area contributed by atoms with Crippen LogP contribution in [0.2, 0.25) is 0 Å². The van der Waals surface area contributed by atoms with Gasteiger partial charge in [-0.05, 0) is 49.7 Å². The molecule has 0 atom stereocenters. The number of rotatable bonds is 5. The molecule has 7 nitrogen and oxygen atoms in total. The van der Waals surface area contributed by atoms with Crippen molar-refractivity contribution in [2.45, 2.75) is 45.6 Å². The summed E-state index contributed by atoms with van der Waals surface area (Å²) in [7, 11) is 0. The van der Waals surface area contributed by atoms with Gasteiger partial charge in [-0.15, -0.1) is 11.3 Å². The molecule has 0 aliphatic carbocycles. The SMILES string of the molecule is CC(C)(C)c1nc2ccc(Nc3nc(NC(C)(C)c4ccc(F)cc4)c4[nH]cnc4n3)cc2s1. The van der Waals surface area contributed by atoms with E-state index in [0.717, 1.165) is 26.5 Å². The average molecular weight is 476 g/mol. The van der Waals surface area contributed by atoms with Crippen molar-refractivity contribution in [3.63, 3.8) is 0 Å². The summed E-state index contributed by atoms with van der Waals surface area (Å²) in [5.41, 5.74) is 3.52. The average Bonchev–Trinajstić information content (AvgIpc) is 3.40. The first-order valence-corrected chi connectivity index (χ1v) is 11.8. The van der Waals surface area contributed by atoms with Crippen LogP contribution in [-0.4, -0.2) is 24.9 Å². The predicted molar refractivity (Wildman–Crippen MR) is 136 cm³/mol. The summed E-state index contributed by atoms with van der Waals surface area (Å²) < 4.78 is 14.5. The molecule has 0 unspecified atom stereocenters. The molecule has 0 saturated carbocycles. The van der Waals surface area contributed by atoms with Gasteiger partial charge >= 0.3 is 0 Å². The first-order chi connectivity index (χ1) is 16.1. The monoisotopic (exact) mass is 475 g/mol. The molecular weight excluding hydrogens is 449 g/mol. The van der Waals surface area contributed by atoms with Gasteiger partial charge in [0.05, 0.1) is 27.1 Å². The van der Waals surface area contributed by atoms with Crippen molar-refractivity contribution in [1.82, 2.24) is 24.9 Å². The third-order valence-corrected chi connectivity index (χ3v) is 7.01. The largest absolute Gasteiger partial charge is 0.359 e. The van der Waals surface area contributed by atoms with Crippen LogP contribution in [0.15, 0.2) is 48.8 Å². The fraction of sp³-hybridized carbons (Fsp3) is 0.280. The zero-order valence-electron chi connectivity index (χ0n) is 19.7. The Hall–Kier alpha value is -3.59. The molecule has 2 aromatic carbocycles. The van der Waals surface area contributed by atoms with Gasteiger partial charge in [0.25, 0.3) is 0 Å². The highest BCUT2D eigenvalue weighted by Gasteiger charge is 2.23. The van der Waals surface area contributed by atoms with E-state index in [-0.39, 0.29) is 11.2 Å². The Morgan fingerprint density at radius 1 is 0.941 bits per heavy atom. The summed E-state index contributed by atoms with van der Waals surface area (Å²) in [4.78, 5) is 21.5. The molecule has 0 aliphatic rings. The third-order valence-electron chi connectivity index (χ3n) is 5.57. The number of imidazole rings is 1. The number of hydrogen-bond acceptors (Lipinski definition) is 7. The molecule has 0 saturated heterocycles. The predicted octanol–water partition coefficient (Wildman–Crippen LogP) is 6.49. The van der Waals surface area contributed by atoms with Crippen molar-refractivity contribution < 1.29 is 4.39 Å². The molecule has 5 aromatic rings. The number of anilines is 3. The molecule has 5 rings (SSSR count). The number of aromatic nitrogens is 5. The van der Waals surface area contributed by atoms with Gasteiger partial charge in [0.2, 0.25) is 5.95 Å². The zero-order chi connectivity index (χ0) is 24.1.